The summed E-state index contributed by atoms with van der Waals surface area (Å²) in [5, 5.41) is 3.93. The number of halogens is 1. The van der Waals surface area contributed by atoms with Gasteiger partial charge in [0.15, 0.2) is 0 Å². The Balaban J connectivity index is 1.69. The van der Waals surface area contributed by atoms with Crippen LogP contribution in [0.5, 0.6) is 0 Å². The van der Waals surface area contributed by atoms with Crippen LogP contribution in [0.2, 0.25) is 5.02 Å². The molecule has 2 fully saturated rings. The maximum atomic E-state index is 12.4. The fourth-order valence-electron chi connectivity index (χ4n) is 3.20. The van der Waals surface area contributed by atoms with Crippen molar-refractivity contribution in [1.82, 2.24) is 9.88 Å². The summed E-state index contributed by atoms with van der Waals surface area (Å²) in [6.45, 7) is 1.69. The van der Waals surface area contributed by atoms with Crippen molar-refractivity contribution in [3.05, 3.63) is 22.8 Å². The van der Waals surface area contributed by atoms with Crippen LogP contribution in [0.25, 0.3) is 0 Å². The van der Waals surface area contributed by atoms with Crippen LogP contribution in [0.15, 0.2) is 12.3 Å². The van der Waals surface area contributed by atoms with Crippen molar-refractivity contribution in [3.8, 4) is 0 Å². The van der Waals surface area contributed by atoms with E-state index >= 15 is 0 Å². The molecular weight excluding hydrogens is 286 g/mol. The Morgan fingerprint density at radius 3 is 2.57 bits per heavy atom. The summed E-state index contributed by atoms with van der Waals surface area (Å²) >= 11 is 6.30. The van der Waals surface area contributed by atoms with Gasteiger partial charge in [-0.05, 0) is 38.2 Å². The van der Waals surface area contributed by atoms with Crippen LogP contribution >= 0.6 is 11.6 Å². The zero-order valence-electron chi connectivity index (χ0n) is 12.3. The minimum Gasteiger partial charge on any atom is -0.366 e. The summed E-state index contributed by atoms with van der Waals surface area (Å²) < 4.78 is 0. The number of rotatable bonds is 3. The van der Waals surface area contributed by atoms with Gasteiger partial charge >= 0.3 is 0 Å². The highest BCUT2D eigenvalue weighted by molar-refractivity contribution is 6.33. The van der Waals surface area contributed by atoms with Crippen molar-refractivity contribution in [3.63, 3.8) is 0 Å². The zero-order chi connectivity index (χ0) is 14.7. The third-order valence-electron chi connectivity index (χ3n) is 4.43. The lowest BCUT2D eigenvalue weighted by Crippen LogP contribution is -2.35. The molecule has 2 aliphatic rings. The van der Waals surface area contributed by atoms with Gasteiger partial charge in [0.2, 0.25) is 0 Å². The van der Waals surface area contributed by atoms with E-state index < -0.39 is 0 Å². The lowest BCUT2D eigenvalue weighted by molar-refractivity contribution is 0.0724. The lowest BCUT2D eigenvalue weighted by Gasteiger charge is -2.26. The van der Waals surface area contributed by atoms with Gasteiger partial charge in [-0.15, -0.1) is 0 Å². The molecule has 0 unspecified atom stereocenters. The van der Waals surface area contributed by atoms with Crippen molar-refractivity contribution in [2.75, 3.05) is 18.4 Å². The van der Waals surface area contributed by atoms with E-state index in [-0.39, 0.29) is 5.91 Å². The predicted octanol–water partition coefficient (Wildman–Crippen LogP) is 3.72. The minimum atomic E-state index is 0.0523. The molecule has 0 bridgehead atoms. The zero-order valence-corrected chi connectivity index (χ0v) is 13.0. The van der Waals surface area contributed by atoms with E-state index in [1.165, 1.54) is 32.1 Å². The van der Waals surface area contributed by atoms with Gasteiger partial charge in [0, 0.05) is 25.3 Å². The number of amides is 1. The Bertz CT molecular complexity index is 508. The van der Waals surface area contributed by atoms with Gasteiger partial charge in [-0.2, -0.15) is 0 Å². The second-order valence-corrected chi connectivity index (χ2v) is 6.44. The Morgan fingerprint density at radius 1 is 1.19 bits per heavy atom. The van der Waals surface area contributed by atoms with Crippen LogP contribution in [-0.2, 0) is 0 Å². The molecule has 1 saturated heterocycles. The number of aromatic nitrogens is 1. The van der Waals surface area contributed by atoms with E-state index in [4.69, 9.17) is 11.6 Å². The lowest BCUT2D eigenvalue weighted by atomic mass is 10.1. The summed E-state index contributed by atoms with van der Waals surface area (Å²) in [6, 6.07) is 2.22. The number of carbonyl (C=O) groups excluding carboxylic acids is 1. The number of nitrogens with zero attached hydrogens (tertiary/aromatic N) is 2. The molecule has 1 aromatic heterocycles. The van der Waals surface area contributed by atoms with Crippen LogP contribution < -0.4 is 5.32 Å². The number of piperidine rings is 1. The molecule has 114 valence electrons. The molecule has 0 aromatic carbocycles. The third kappa shape index (κ3) is 3.49. The molecule has 1 aliphatic carbocycles. The molecule has 5 heteroatoms. The van der Waals surface area contributed by atoms with Crippen LogP contribution in [0.1, 0.15) is 55.3 Å². The van der Waals surface area contributed by atoms with E-state index in [0.717, 1.165) is 25.9 Å². The Kier molecular flexibility index (Phi) is 4.63. The molecule has 0 radical (unpaired) electrons. The number of hydrogen-bond donors (Lipinski definition) is 1. The monoisotopic (exact) mass is 307 g/mol. The number of anilines is 1. The molecule has 0 atom stereocenters. The summed E-state index contributed by atoms with van der Waals surface area (Å²) in [6.07, 6.45) is 9.93. The van der Waals surface area contributed by atoms with Gasteiger partial charge < -0.3 is 10.2 Å². The quantitative estimate of drug-likeness (QED) is 0.925. The van der Waals surface area contributed by atoms with E-state index in [1.807, 2.05) is 4.90 Å². The highest BCUT2D eigenvalue weighted by Gasteiger charge is 2.21. The van der Waals surface area contributed by atoms with Gasteiger partial charge in [0.25, 0.3) is 5.91 Å². The normalized spacial score (nSPS) is 19.8. The summed E-state index contributed by atoms with van der Waals surface area (Å²) in [5.41, 5.74) is 0.596. The van der Waals surface area contributed by atoms with Crippen LogP contribution in [-0.4, -0.2) is 34.9 Å². The maximum Gasteiger partial charge on any atom is 0.255 e. The van der Waals surface area contributed by atoms with Crippen molar-refractivity contribution in [2.24, 2.45) is 0 Å². The fourth-order valence-corrected chi connectivity index (χ4v) is 3.43. The van der Waals surface area contributed by atoms with Crippen molar-refractivity contribution < 1.29 is 4.79 Å². The first-order chi connectivity index (χ1) is 10.2. The Morgan fingerprint density at radius 2 is 1.90 bits per heavy atom. The largest absolute Gasteiger partial charge is 0.366 e. The molecule has 1 aliphatic heterocycles. The summed E-state index contributed by atoms with van der Waals surface area (Å²) in [5.74, 6) is 0.760. The second kappa shape index (κ2) is 6.65. The molecule has 3 rings (SSSR count). The third-order valence-corrected chi connectivity index (χ3v) is 4.72. The topological polar surface area (TPSA) is 45.2 Å². The first-order valence-corrected chi connectivity index (χ1v) is 8.33. The van der Waals surface area contributed by atoms with Crippen LogP contribution in [0.4, 0.5) is 5.82 Å². The van der Waals surface area contributed by atoms with E-state index in [1.54, 1.807) is 12.3 Å². The van der Waals surface area contributed by atoms with Crippen molar-refractivity contribution in [2.45, 2.75) is 51.0 Å². The first-order valence-electron chi connectivity index (χ1n) is 7.95. The number of likely N-dealkylation sites (tertiary alicyclic amines) is 1. The average molecular weight is 308 g/mol. The van der Waals surface area contributed by atoms with E-state index in [0.29, 0.717) is 22.4 Å². The van der Waals surface area contributed by atoms with Crippen molar-refractivity contribution in [1.29, 1.82) is 0 Å². The van der Waals surface area contributed by atoms with Gasteiger partial charge in [-0.3, -0.25) is 4.79 Å². The van der Waals surface area contributed by atoms with Crippen LogP contribution in [0, 0.1) is 0 Å². The summed E-state index contributed by atoms with van der Waals surface area (Å²) in [4.78, 5) is 18.7. The standard InChI is InChI=1S/C16H22ClN3O/c17-14-10-12(16(21)20-8-4-1-5-9-20)11-18-15(14)19-13-6-2-3-7-13/h10-11,13H,1-9H2,(H,18,19). The number of carbonyl (C=O) groups is 1. The molecule has 2 heterocycles. The minimum absolute atomic E-state index is 0.0523. The molecule has 0 spiro atoms. The molecule has 1 aromatic rings. The highest BCUT2D eigenvalue weighted by atomic mass is 35.5. The molecule has 21 heavy (non-hydrogen) atoms. The van der Waals surface area contributed by atoms with Gasteiger partial charge in [-0.1, -0.05) is 24.4 Å². The molecule has 1 N–H and O–H groups in total. The smallest absolute Gasteiger partial charge is 0.255 e. The van der Waals surface area contributed by atoms with Gasteiger partial charge in [0.1, 0.15) is 5.82 Å². The second-order valence-electron chi connectivity index (χ2n) is 6.03. The first kappa shape index (κ1) is 14.6. The van der Waals surface area contributed by atoms with E-state index in [2.05, 4.69) is 10.3 Å². The summed E-state index contributed by atoms with van der Waals surface area (Å²) in [7, 11) is 0. The Hall–Kier alpha value is -1.29. The number of hydrogen-bond acceptors (Lipinski definition) is 3. The Labute approximate surface area is 130 Å². The van der Waals surface area contributed by atoms with Crippen LogP contribution in [0.3, 0.4) is 0 Å². The molecule has 4 nitrogen and oxygen atoms in total. The number of nitrogens with one attached hydrogen (secondary N) is 1. The maximum absolute atomic E-state index is 12.4. The molecular formula is C16H22ClN3O. The van der Waals surface area contributed by atoms with Crippen molar-refractivity contribution >= 4 is 23.3 Å². The van der Waals surface area contributed by atoms with Gasteiger partial charge in [0.05, 0.1) is 10.6 Å². The average Bonchev–Trinajstić information content (AvgIpc) is 3.02. The predicted molar refractivity (Wildman–Crippen MR) is 84.9 cm³/mol. The highest BCUT2D eigenvalue weighted by Crippen LogP contribution is 2.26. The van der Waals surface area contributed by atoms with Gasteiger partial charge in [-0.25, -0.2) is 4.98 Å². The molecule has 1 amide bonds. The van der Waals surface area contributed by atoms with E-state index in [9.17, 15) is 4.79 Å². The fraction of sp³-hybridized carbons (Fsp3) is 0.625. The molecule has 1 saturated carbocycles. The number of pyridine rings is 1. The SMILES string of the molecule is O=C(c1cnc(NC2CCCC2)c(Cl)c1)N1CCCCC1.